The lowest BCUT2D eigenvalue weighted by atomic mass is 10.0. The van der Waals surface area contributed by atoms with Gasteiger partial charge in [-0.25, -0.2) is 9.97 Å². The van der Waals surface area contributed by atoms with Crippen LogP contribution in [0.4, 0.5) is 0 Å². The van der Waals surface area contributed by atoms with Crippen molar-refractivity contribution in [2.75, 3.05) is 6.54 Å². The van der Waals surface area contributed by atoms with E-state index in [-0.39, 0.29) is 0 Å². The first-order valence-electron chi connectivity index (χ1n) is 7.40. The van der Waals surface area contributed by atoms with E-state index in [1.54, 1.807) is 11.3 Å². The minimum atomic E-state index is 0.468. The molecule has 1 saturated heterocycles. The van der Waals surface area contributed by atoms with Crippen molar-refractivity contribution in [3.63, 3.8) is 0 Å². The molecular weight excluding hydrogens is 268 g/mol. The number of hydrogen-bond acceptors (Lipinski definition) is 4. The van der Waals surface area contributed by atoms with Crippen LogP contribution in [0, 0.1) is 0 Å². The summed E-state index contributed by atoms with van der Waals surface area (Å²) in [4.78, 5) is 11.4. The van der Waals surface area contributed by atoms with E-state index in [2.05, 4.69) is 38.7 Å². The molecule has 0 aliphatic carbocycles. The maximum absolute atomic E-state index is 4.53. The molecular formula is C15H22N4S. The first-order valence-corrected chi connectivity index (χ1v) is 8.28. The predicted molar refractivity (Wildman–Crippen MR) is 81.7 cm³/mol. The Balaban J connectivity index is 1.79. The molecule has 0 unspecified atom stereocenters. The second-order valence-electron chi connectivity index (χ2n) is 5.74. The number of aromatic nitrogens is 3. The van der Waals surface area contributed by atoms with Gasteiger partial charge in [-0.15, -0.1) is 11.3 Å². The molecule has 0 amide bonds. The zero-order chi connectivity index (χ0) is 13.9. The summed E-state index contributed by atoms with van der Waals surface area (Å²) in [6.45, 7) is 6.55. The van der Waals surface area contributed by atoms with E-state index in [0.29, 0.717) is 12.1 Å². The summed E-state index contributed by atoms with van der Waals surface area (Å²) in [5.74, 6) is 0. The van der Waals surface area contributed by atoms with Gasteiger partial charge in [-0.3, -0.25) is 4.90 Å². The normalized spacial score (nSPS) is 20.6. The van der Waals surface area contributed by atoms with Crippen LogP contribution in [0.1, 0.15) is 55.9 Å². The van der Waals surface area contributed by atoms with Gasteiger partial charge in [0.2, 0.25) is 0 Å². The Bertz CT molecular complexity index is 532. The molecule has 1 aliphatic rings. The van der Waals surface area contributed by atoms with Gasteiger partial charge in [-0.05, 0) is 33.2 Å². The van der Waals surface area contributed by atoms with Gasteiger partial charge in [0.15, 0.2) is 0 Å². The highest BCUT2D eigenvalue weighted by Crippen LogP contribution is 2.33. The average Bonchev–Trinajstić information content (AvgIpc) is 3.09. The van der Waals surface area contributed by atoms with Crippen molar-refractivity contribution in [1.82, 2.24) is 19.4 Å². The van der Waals surface area contributed by atoms with Gasteiger partial charge in [0.25, 0.3) is 0 Å². The molecule has 0 spiro atoms. The van der Waals surface area contributed by atoms with Gasteiger partial charge in [0.1, 0.15) is 5.01 Å². The van der Waals surface area contributed by atoms with Crippen LogP contribution in [-0.4, -0.2) is 26.0 Å². The highest BCUT2D eigenvalue weighted by molar-refractivity contribution is 7.09. The monoisotopic (exact) mass is 290 g/mol. The van der Waals surface area contributed by atoms with Crippen LogP contribution in [0.2, 0.25) is 0 Å². The number of hydrogen-bond donors (Lipinski definition) is 0. The van der Waals surface area contributed by atoms with Gasteiger partial charge < -0.3 is 4.57 Å². The fourth-order valence-electron chi connectivity index (χ4n) is 2.99. The van der Waals surface area contributed by atoms with Gasteiger partial charge in [0, 0.05) is 30.4 Å². The smallest absolute Gasteiger partial charge is 0.110 e. The molecule has 4 nitrogen and oxygen atoms in total. The van der Waals surface area contributed by atoms with Gasteiger partial charge >= 0.3 is 0 Å². The second-order valence-corrected chi connectivity index (χ2v) is 6.66. The molecule has 3 heterocycles. The molecule has 1 atom stereocenters. The number of likely N-dealkylation sites (tertiary alicyclic amines) is 1. The molecule has 0 radical (unpaired) electrons. The molecule has 108 valence electrons. The summed E-state index contributed by atoms with van der Waals surface area (Å²) in [7, 11) is 0. The lowest BCUT2D eigenvalue weighted by Crippen LogP contribution is -2.33. The minimum Gasteiger partial charge on any atom is -0.331 e. The largest absolute Gasteiger partial charge is 0.331 e. The lowest BCUT2D eigenvalue weighted by molar-refractivity contribution is 0.136. The summed E-state index contributed by atoms with van der Waals surface area (Å²) in [5.41, 5.74) is 1.31. The maximum atomic E-state index is 4.53. The van der Waals surface area contributed by atoms with Crippen LogP contribution in [-0.2, 0) is 6.54 Å². The summed E-state index contributed by atoms with van der Waals surface area (Å²) in [5, 5.41) is 3.35. The van der Waals surface area contributed by atoms with Crippen molar-refractivity contribution >= 4 is 11.3 Å². The Morgan fingerprint density at radius 1 is 1.40 bits per heavy atom. The van der Waals surface area contributed by atoms with E-state index in [0.717, 1.165) is 13.1 Å². The highest BCUT2D eigenvalue weighted by Gasteiger charge is 2.26. The van der Waals surface area contributed by atoms with Crippen LogP contribution in [0.3, 0.4) is 0 Å². The zero-order valence-corrected chi connectivity index (χ0v) is 13.0. The molecule has 20 heavy (non-hydrogen) atoms. The van der Waals surface area contributed by atoms with Crippen LogP contribution >= 0.6 is 11.3 Å². The van der Waals surface area contributed by atoms with E-state index in [1.807, 2.05) is 18.7 Å². The highest BCUT2D eigenvalue weighted by atomic mass is 32.1. The van der Waals surface area contributed by atoms with Gasteiger partial charge in [-0.2, -0.15) is 0 Å². The Morgan fingerprint density at radius 2 is 2.30 bits per heavy atom. The molecule has 0 bridgehead atoms. The summed E-state index contributed by atoms with van der Waals surface area (Å²) in [6.07, 6.45) is 9.70. The van der Waals surface area contributed by atoms with Crippen molar-refractivity contribution in [2.24, 2.45) is 0 Å². The Hall–Kier alpha value is -1.20. The quantitative estimate of drug-likeness (QED) is 0.862. The molecule has 3 rings (SSSR count). The third kappa shape index (κ3) is 2.79. The molecule has 2 aromatic rings. The fraction of sp³-hybridized carbons (Fsp3) is 0.600. The fourth-order valence-corrected chi connectivity index (χ4v) is 3.79. The summed E-state index contributed by atoms with van der Waals surface area (Å²) >= 11 is 1.78. The number of piperidine rings is 1. The maximum Gasteiger partial charge on any atom is 0.110 e. The molecule has 0 aromatic carbocycles. The van der Waals surface area contributed by atoms with Crippen molar-refractivity contribution in [1.29, 1.82) is 0 Å². The van der Waals surface area contributed by atoms with Crippen LogP contribution < -0.4 is 0 Å². The van der Waals surface area contributed by atoms with Crippen LogP contribution in [0.25, 0.3) is 0 Å². The van der Waals surface area contributed by atoms with E-state index >= 15 is 0 Å². The zero-order valence-electron chi connectivity index (χ0n) is 12.2. The minimum absolute atomic E-state index is 0.468. The molecule has 5 heteroatoms. The van der Waals surface area contributed by atoms with E-state index < -0.39 is 0 Å². The third-order valence-electron chi connectivity index (χ3n) is 4.02. The molecule has 0 N–H and O–H groups in total. The Morgan fingerprint density at radius 3 is 3.05 bits per heavy atom. The van der Waals surface area contributed by atoms with Crippen molar-refractivity contribution in [2.45, 2.75) is 51.7 Å². The van der Waals surface area contributed by atoms with Crippen molar-refractivity contribution in [3.05, 3.63) is 34.8 Å². The molecule has 0 saturated carbocycles. The summed E-state index contributed by atoms with van der Waals surface area (Å²) < 4.78 is 2.27. The number of rotatable bonds is 4. The standard InChI is InChI=1S/C15H22N4S/c1-12(2)19-11-16-9-13(19)10-18-7-4-3-5-14(18)15-17-6-8-20-15/h6,8-9,11-12,14H,3-5,7,10H2,1-2H3/t14-/m0/s1. The SMILES string of the molecule is CC(C)n1cncc1CN1CCCC[C@H]1c1nccs1. The number of thiazole rings is 1. The van der Waals surface area contributed by atoms with Gasteiger partial charge in [0.05, 0.1) is 18.1 Å². The third-order valence-corrected chi connectivity index (χ3v) is 4.89. The van der Waals surface area contributed by atoms with Crippen LogP contribution in [0.5, 0.6) is 0 Å². The first kappa shape index (κ1) is 13.8. The van der Waals surface area contributed by atoms with Crippen molar-refractivity contribution < 1.29 is 0 Å². The Labute approximate surface area is 124 Å². The lowest BCUT2D eigenvalue weighted by Gasteiger charge is -2.34. The van der Waals surface area contributed by atoms with Crippen molar-refractivity contribution in [3.8, 4) is 0 Å². The van der Waals surface area contributed by atoms with Crippen LogP contribution in [0.15, 0.2) is 24.1 Å². The molecule has 1 aliphatic heterocycles. The summed E-state index contributed by atoms with van der Waals surface area (Å²) in [6, 6.07) is 0.954. The van der Waals surface area contributed by atoms with E-state index in [1.165, 1.54) is 30.0 Å². The predicted octanol–water partition coefficient (Wildman–Crippen LogP) is 3.65. The Kier molecular flexibility index (Phi) is 4.17. The first-order chi connectivity index (χ1) is 9.75. The molecule has 2 aromatic heterocycles. The van der Waals surface area contributed by atoms with E-state index in [9.17, 15) is 0 Å². The molecule has 1 fully saturated rings. The average molecular weight is 290 g/mol. The number of imidazole rings is 1. The second kappa shape index (κ2) is 6.06. The van der Waals surface area contributed by atoms with Gasteiger partial charge in [-0.1, -0.05) is 6.42 Å². The topological polar surface area (TPSA) is 34.0 Å². The van der Waals surface area contributed by atoms with E-state index in [4.69, 9.17) is 0 Å². The number of nitrogens with zero attached hydrogens (tertiary/aromatic N) is 4.